The molecule has 3 aromatic rings. The predicted molar refractivity (Wildman–Crippen MR) is 134 cm³/mol. The fraction of sp³-hybridized carbons (Fsp3) is 0.250. The number of Topliss-reactive ketones (excluding diaryl/α,β-unsaturated/α-hetero) is 1. The third kappa shape index (κ3) is 4.55. The Morgan fingerprint density at radius 2 is 1.78 bits per heavy atom. The maximum Gasteiger partial charge on any atom is 0.295 e. The number of hydrogen-bond donors (Lipinski definition) is 1. The number of ether oxygens (including phenoxy) is 4. The van der Waals surface area contributed by atoms with Gasteiger partial charge in [-0.2, -0.15) is 0 Å². The van der Waals surface area contributed by atoms with Crippen LogP contribution in [0.25, 0.3) is 5.76 Å². The van der Waals surface area contributed by atoms with E-state index in [-0.39, 0.29) is 17.9 Å². The second kappa shape index (κ2) is 10.2. The smallest absolute Gasteiger partial charge is 0.295 e. The summed E-state index contributed by atoms with van der Waals surface area (Å²) >= 11 is 0. The Labute approximate surface area is 213 Å². The fourth-order valence-electron chi connectivity index (χ4n) is 4.55. The molecule has 5 rings (SSSR count). The number of hydrogen-bond acceptors (Lipinski definition) is 8. The van der Waals surface area contributed by atoms with Crippen molar-refractivity contribution in [2.24, 2.45) is 0 Å². The Hall–Kier alpha value is -4.53. The fourth-order valence-corrected chi connectivity index (χ4v) is 4.55. The molecule has 0 bridgehead atoms. The molecule has 9 heteroatoms. The van der Waals surface area contributed by atoms with Crippen LogP contribution in [0.4, 0.5) is 0 Å². The Morgan fingerprint density at radius 1 is 1.03 bits per heavy atom. The van der Waals surface area contributed by atoms with Gasteiger partial charge in [-0.1, -0.05) is 6.07 Å². The number of carbonyl (C=O) groups excluding carboxylic acids is 2. The summed E-state index contributed by atoms with van der Waals surface area (Å²) in [6.07, 6.45) is 3.24. The van der Waals surface area contributed by atoms with E-state index in [9.17, 15) is 14.7 Å². The van der Waals surface area contributed by atoms with Crippen molar-refractivity contribution in [3.05, 3.63) is 83.2 Å². The highest BCUT2D eigenvalue weighted by molar-refractivity contribution is 6.46. The van der Waals surface area contributed by atoms with Gasteiger partial charge in [0.25, 0.3) is 11.7 Å². The summed E-state index contributed by atoms with van der Waals surface area (Å²) in [6.45, 7) is 3.26. The van der Waals surface area contributed by atoms with Crippen molar-refractivity contribution >= 4 is 17.4 Å². The van der Waals surface area contributed by atoms with E-state index < -0.39 is 17.7 Å². The molecule has 1 unspecified atom stereocenters. The summed E-state index contributed by atoms with van der Waals surface area (Å²) in [5.41, 5.74) is 1.70. The van der Waals surface area contributed by atoms with Crippen LogP contribution in [0, 0.1) is 0 Å². The number of amides is 1. The molecule has 0 spiro atoms. The minimum Gasteiger partial charge on any atom is -0.507 e. The molecule has 1 aromatic heterocycles. The first-order chi connectivity index (χ1) is 18.0. The minimum absolute atomic E-state index is 0.0260. The van der Waals surface area contributed by atoms with Gasteiger partial charge in [0.05, 0.1) is 25.3 Å². The number of methoxy groups -OCH3 is 1. The van der Waals surface area contributed by atoms with Crippen molar-refractivity contribution in [3.8, 4) is 23.0 Å². The van der Waals surface area contributed by atoms with E-state index in [4.69, 9.17) is 18.9 Å². The van der Waals surface area contributed by atoms with Gasteiger partial charge in [0.1, 0.15) is 19.0 Å². The van der Waals surface area contributed by atoms with E-state index in [1.807, 2.05) is 6.92 Å². The van der Waals surface area contributed by atoms with Crippen LogP contribution >= 0.6 is 0 Å². The Kier molecular flexibility index (Phi) is 6.68. The van der Waals surface area contributed by atoms with Crippen LogP contribution < -0.4 is 18.9 Å². The van der Waals surface area contributed by atoms with Crippen molar-refractivity contribution < 1.29 is 33.6 Å². The van der Waals surface area contributed by atoms with Crippen molar-refractivity contribution in [3.63, 3.8) is 0 Å². The molecule has 2 aliphatic heterocycles. The van der Waals surface area contributed by atoms with Gasteiger partial charge in [-0.05, 0) is 60.5 Å². The minimum atomic E-state index is -0.869. The lowest BCUT2D eigenvalue weighted by molar-refractivity contribution is -0.140. The van der Waals surface area contributed by atoms with Gasteiger partial charge in [0, 0.05) is 24.5 Å². The maximum atomic E-state index is 13.4. The lowest BCUT2D eigenvalue weighted by atomic mass is 9.94. The molecule has 3 heterocycles. The van der Waals surface area contributed by atoms with Crippen LogP contribution in [0.3, 0.4) is 0 Å². The molecule has 2 aromatic carbocycles. The van der Waals surface area contributed by atoms with Gasteiger partial charge < -0.3 is 29.0 Å². The first-order valence-electron chi connectivity index (χ1n) is 11.9. The van der Waals surface area contributed by atoms with E-state index >= 15 is 0 Å². The number of aliphatic hydroxyl groups is 1. The molecule has 37 heavy (non-hydrogen) atoms. The Balaban J connectivity index is 1.65. The zero-order valence-electron chi connectivity index (χ0n) is 20.5. The number of fused-ring (bicyclic) bond motifs is 1. The number of carbonyl (C=O) groups is 2. The molecule has 1 N–H and O–H groups in total. The average molecular weight is 503 g/mol. The van der Waals surface area contributed by atoms with Gasteiger partial charge in [-0.15, -0.1) is 0 Å². The molecule has 0 aliphatic carbocycles. The SMILES string of the molecule is CCOc1ccc(C2/C(=C(\O)c3ccc4c(c3)OCCO4)C(=O)C(=O)N2Cc2ccncc2)cc1OC. The molecule has 0 saturated carbocycles. The number of ketones is 1. The summed E-state index contributed by atoms with van der Waals surface area (Å²) in [4.78, 5) is 32.2. The van der Waals surface area contributed by atoms with Gasteiger partial charge in [-0.3, -0.25) is 14.6 Å². The molecule has 2 aliphatic rings. The zero-order valence-corrected chi connectivity index (χ0v) is 20.5. The van der Waals surface area contributed by atoms with Crippen molar-refractivity contribution in [2.75, 3.05) is 26.9 Å². The molecule has 1 fully saturated rings. The van der Waals surface area contributed by atoms with E-state index in [1.54, 1.807) is 60.9 Å². The highest BCUT2D eigenvalue weighted by Gasteiger charge is 2.46. The van der Waals surface area contributed by atoms with Gasteiger partial charge in [-0.25, -0.2) is 0 Å². The quantitative estimate of drug-likeness (QED) is 0.295. The molecule has 1 atom stereocenters. The summed E-state index contributed by atoms with van der Waals surface area (Å²) < 4.78 is 22.4. The second-order valence-corrected chi connectivity index (χ2v) is 8.48. The second-order valence-electron chi connectivity index (χ2n) is 8.48. The average Bonchev–Trinajstić information content (AvgIpc) is 3.18. The lowest BCUT2D eigenvalue weighted by Crippen LogP contribution is -2.29. The summed E-state index contributed by atoms with van der Waals surface area (Å²) in [7, 11) is 1.52. The largest absolute Gasteiger partial charge is 0.507 e. The molecule has 0 radical (unpaired) electrons. The summed E-state index contributed by atoms with van der Waals surface area (Å²) in [6, 6.07) is 12.8. The number of pyridine rings is 1. The molecule has 1 saturated heterocycles. The van der Waals surface area contributed by atoms with E-state index in [2.05, 4.69) is 4.98 Å². The molecular formula is C28H26N2O7. The van der Waals surface area contributed by atoms with Crippen LogP contribution in [0.1, 0.15) is 29.7 Å². The standard InChI is InChI=1S/C28H26N2O7/c1-3-35-20-6-4-18(14-22(20)34-2)25-24(26(31)19-5-7-21-23(15-19)37-13-12-36-21)27(32)28(33)30(25)16-17-8-10-29-11-9-17/h4-11,14-15,25,31H,3,12-13,16H2,1-2H3/b26-24+. The summed E-state index contributed by atoms with van der Waals surface area (Å²) in [5, 5.41) is 11.4. The molecule has 1 amide bonds. The van der Waals surface area contributed by atoms with Crippen molar-refractivity contribution in [2.45, 2.75) is 19.5 Å². The maximum absolute atomic E-state index is 13.4. The highest BCUT2D eigenvalue weighted by atomic mass is 16.6. The van der Waals surface area contributed by atoms with Crippen molar-refractivity contribution in [1.29, 1.82) is 0 Å². The number of nitrogens with zero attached hydrogens (tertiary/aromatic N) is 2. The number of benzene rings is 2. The van der Waals surface area contributed by atoms with Crippen LogP contribution in [0.2, 0.25) is 0 Å². The van der Waals surface area contributed by atoms with Crippen LogP contribution in [-0.4, -0.2) is 53.6 Å². The Morgan fingerprint density at radius 3 is 2.51 bits per heavy atom. The number of aliphatic hydroxyl groups excluding tert-OH is 1. The first-order valence-corrected chi connectivity index (χ1v) is 11.9. The van der Waals surface area contributed by atoms with E-state index in [0.717, 1.165) is 5.56 Å². The topological polar surface area (TPSA) is 107 Å². The third-order valence-electron chi connectivity index (χ3n) is 6.26. The van der Waals surface area contributed by atoms with Crippen molar-refractivity contribution in [1.82, 2.24) is 9.88 Å². The number of rotatable bonds is 7. The number of aromatic nitrogens is 1. The molecule has 9 nitrogen and oxygen atoms in total. The van der Waals surface area contributed by atoms with Gasteiger partial charge >= 0.3 is 0 Å². The van der Waals surface area contributed by atoms with Crippen LogP contribution in [0.15, 0.2) is 66.5 Å². The van der Waals surface area contributed by atoms with Crippen LogP contribution in [0.5, 0.6) is 23.0 Å². The lowest BCUT2D eigenvalue weighted by Gasteiger charge is -2.26. The monoisotopic (exact) mass is 502 g/mol. The number of likely N-dealkylation sites (tertiary alicyclic amines) is 1. The molecule has 190 valence electrons. The zero-order chi connectivity index (χ0) is 25.9. The summed E-state index contributed by atoms with van der Waals surface area (Å²) in [5.74, 6) is 0.202. The van der Waals surface area contributed by atoms with Gasteiger partial charge in [0.2, 0.25) is 0 Å². The normalized spacial score (nSPS) is 18.1. The van der Waals surface area contributed by atoms with E-state index in [0.29, 0.717) is 53.9 Å². The van der Waals surface area contributed by atoms with E-state index in [1.165, 1.54) is 12.0 Å². The highest BCUT2D eigenvalue weighted by Crippen LogP contribution is 2.43. The molecular weight excluding hydrogens is 476 g/mol. The van der Waals surface area contributed by atoms with Crippen LogP contribution in [-0.2, 0) is 16.1 Å². The third-order valence-corrected chi connectivity index (χ3v) is 6.26. The first kappa shape index (κ1) is 24.2. The Bertz CT molecular complexity index is 1370. The predicted octanol–water partition coefficient (Wildman–Crippen LogP) is 3.88. The van der Waals surface area contributed by atoms with Gasteiger partial charge in [0.15, 0.2) is 23.0 Å².